The summed E-state index contributed by atoms with van der Waals surface area (Å²) in [7, 11) is 1.59. The minimum Gasteiger partial charge on any atom is -0.497 e. The van der Waals surface area contributed by atoms with Crippen LogP contribution in [0.1, 0.15) is 26.3 Å². The molecule has 0 spiro atoms. The number of nitrogens with one attached hydrogen (secondary N) is 1. The third kappa shape index (κ3) is 7.37. The van der Waals surface area contributed by atoms with Gasteiger partial charge in [0.15, 0.2) is 6.61 Å². The number of carbonyl (C=O) groups is 2. The van der Waals surface area contributed by atoms with Crippen molar-refractivity contribution in [3.8, 4) is 11.5 Å². The van der Waals surface area contributed by atoms with Crippen molar-refractivity contribution in [1.82, 2.24) is 10.2 Å². The minimum atomic E-state index is -0.643. The van der Waals surface area contributed by atoms with E-state index in [1.807, 2.05) is 50.2 Å². The average Bonchev–Trinajstić information content (AvgIpc) is 2.74. The van der Waals surface area contributed by atoms with Gasteiger partial charge in [0.2, 0.25) is 5.91 Å². The van der Waals surface area contributed by atoms with Crippen molar-refractivity contribution in [2.24, 2.45) is 5.92 Å². The molecule has 0 radical (unpaired) electrons. The summed E-state index contributed by atoms with van der Waals surface area (Å²) in [6.45, 7) is 6.45. The largest absolute Gasteiger partial charge is 0.497 e. The monoisotopic (exact) mass is 476 g/mol. The van der Waals surface area contributed by atoms with Crippen LogP contribution in [0.2, 0.25) is 0 Å². The molecule has 2 aromatic rings. The zero-order chi connectivity index (χ0) is 22.1. The van der Waals surface area contributed by atoms with E-state index in [9.17, 15) is 9.59 Å². The number of nitrogens with zero attached hydrogens (tertiary/aromatic N) is 1. The summed E-state index contributed by atoms with van der Waals surface area (Å²) >= 11 is 3.37. The van der Waals surface area contributed by atoms with Crippen LogP contribution in [0.25, 0.3) is 0 Å². The number of ether oxygens (including phenoxy) is 2. The van der Waals surface area contributed by atoms with Crippen molar-refractivity contribution in [2.45, 2.75) is 33.4 Å². The van der Waals surface area contributed by atoms with Crippen LogP contribution >= 0.6 is 15.9 Å². The molecule has 0 heterocycles. The molecular weight excluding hydrogens is 448 g/mol. The second-order valence-electron chi connectivity index (χ2n) is 7.43. The fraction of sp³-hybridized carbons (Fsp3) is 0.391. The molecular formula is C23H29BrN2O4. The standard InChI is InChI=1S/C23H29BrN2O4/c1-16(2)13-25-23(28)17(3)26(14-18-6-5-7-21(12-18)29-4)22(27)15-30-20-10-8-19(24)9-11-20/h5-12,16-17H,13-15H2,1-4H3,(H,25,28)/t17-/m1/s1. The topological polar surface area (TPSA) is 67.9 Å². The number of rotatable bonds is 10. The Bertz CT molecular complexity index is 839. The van der Waals surface area contributed by atoms with Crippen molar-refractivity contribution in [2.75, 3.05) is 20.3 Å². The maximum absolute atomic E-state index is 13.0. The molecule has 0 unspecified atom stereocenters. The number of methoxy groups -OCH3 is 1. The molecule has 2 aromatic carbocycles. The lowest BCUT2D eigenvalue weighted by molar-refractivity contribution is -0.142. The fourth-order valence-electron chi connectivity index (χ4n) is 2.76. The quantitative estimate of drug-likeness (QED) is 0.561. The second-order valence-corrected chi connectivity index (χ2v) is 8.35. The normalized spacial score (nSPS) is 11.7. The summed E-state index contributed by atoms with van der Waals surface area (Å²) in [6, 6.07) is 14.1. The molecule has 1 N–H and O–H groups in total. The zero-order valence-electron chi connectivity index (χ0n) is 17.9. The molecule has 0 aliphatic rings. The Kier molecular flexibility index (Phi) is 9.17. The van der Waals surface area contributed by atoms with Gasteiger partial charge < -0.3 is 19.7 Å². The lowest BCUT2D eigenvalue weighted by Gasteiger charge is -2.29. The Hall–Kier alpha value is -2.54. The number of carbonyl (C=O) groups excluding carboxylic acids is 2. The maximum Gasteiger partial charge on any atom is 0.261 e. The van der Waals surface area contributed by atoms with E-state index in [0.717, 1.165) is 10.0 Å². The summed E-state index contributed by atoms with van der Waals surface area (Å²) in [5, 5.41) is 2.90. The van der Waals surface area contributed by atoms with Crippen LogP contribution in [-0.2, 0) is 16.1 Å². The molecule has 0 aliphatic heterocycles. The molecule has 162 valence electrons. The van der Waals surface area contributed by atoms with Gasteiger partial charge in [0.25, 0.3) is 5.91 Å². The van der Waals surface area contributed by atoms with Gasteiger partial charge in [-0.2, -0.15) is 0 Å². The van der Waals surface area contributed by atoms with Crippen molar-refractivity contribution in [3.63, 3.8) is 0 Å². The summed E-state index contributed by atoms with van der Waals surface area (Å²) in [6.07, 6.45) is 0. The second kappa shape index (κ2) is 11.6. The van der Waals surface area contributed by atoms with Gasteiger partial charge in [-0.3, -0.25) is 9.59 Å². The van der Waals surface area contributed by atoms with Gasteiger partial charge in [0, 0.05) is 17.6 Å². The molecule has 0 fully saturated rings. The number of amides is 2. The van der Waals surface area contributed by atoms with Gasteiger partial charge in [0.1, 0.15) is 17.5 Å². The van der Waals surface area contributed by atoms with E-state index in [2.05, 4.69) is 21.2 Å². The lowest BCUT2D eigenvalue weighted by Crippen LogP contribution is -2.49. The zero-order valence-corrected chi connectivity index (χ0v) is 19.4. The van der Waals surface area contributed by atoms with Gasteiger partial charge >= 0.3 is 0 Å². The first-order valence-electron chi connectivity index (χ1n) is 9.88. The van der Waals surface area contributed by atoms with E-state index >= 15 is 0 Å². The first kappa shape index (κ1) is 23.7. The van der Waals surface area contributed by atoms with Crippen LogP contribution in [0.15, 0.2) is 53.0 Å². The van der Waals surface area contributed by atoms with Gasteiger partial charge in [0.05, 0.1) is 7.11 Å². The van der Waals surface area contributed by atoms with Gasteiger partial charge in [-0.15, -0.1) is 0 Å². The molecule has 7 heteroatoms. The van der Waals surface area contributed by atoms with Crippen molar-refractivity contribution in [1.29, 1.82) is 0 Å². The molecule has 0 saturated heterocycles. The van der Waals surface area contributed by atoms with Crippen LogP contribution in [0.3, 0.4) is 0 Å². The van der Waals surface area contributed by atoms with Crippen LogP contribution < -0.4 is 14.8 Å². The van der Waals surface area contributed by atoms with Crippen LogP contribution in [-0.4, -0.2) is 43.0 Å². The Morgan fingerprint density at radius 2 is 1.77 bits per heavy atom. The average molecular weight is 477 g/mol. The molecule has 30 heavy (non-hydrogen) atoms. The Balaban J connectivity index is 2.14. The SMILES string of the molecule is COc1cccc(CN(C(=O)COc2ccc(Br)cc2)[C@H](C)C(=O)NCC(C)C)c1. The Morgan fingerprint density at radius 3 is 2.40 bits per heavy atom. The van der Waals surface area contributed by atoms with E-state index in [4.69, 9.17) is 9.47 Å². The molecule has 2 rings (SSSR count). The molecule has 6 nitrogen and oxygen atoms in total. The summed E-state index contributed by atoms with van der Waals surface area (Å²) in [4.78, 5) is 27.2. The number of hydrogen-bond acceptors (Lipinski definition) is 4. The van der Waals surface area contributed by atoms with Crippen molar-refractivity contribution in [3.05, 3.63) is 58.6 Å². The maximum atomic E-state index is 13.0. The number of hydrogen-bond donors (Lipinski definition) is 1. The molecule has 1 atom stereocenters. The highest BCUT2D eigenvalue weighted by molar-refractivity contribution is 9.10. The Labute approximate surface area is 186 Å². The summed E-state index contributed by atoms with van der Waals surface area (Å²) in [5.74, 6) is 1.15. The van der Waals surface area contributed by atoms with E-state index in [1.54, 1.807) is 26.2 Å². The van der Waals surface area contributed by atoms with E-state index in [0.29, 0.717) is 24.0 Å². The van der Waals surface area contributed by atoms with Crippen molar-refractivity contribution < 1.29 is 19.1 Å². The van der Waals surface area contributed by atoms with Crippen LogP contribution in [0.4, 0.5) is 0 Å². The summed E-state index contributed by atoms with van der Waals surface area (Å²) < 4.78 is 11.8. The highest BCUT2D eigenvalue weighted by atomic mass is 79.9. The predicted molar refractivity (Wildman–Crippen MR) is 120 cm³/mol. The van der Waals surface area contributed by atoms with E-state index in [1.165, 1.54) is 4.90 Å². The van der Waals surface area contributed by atoms with Crippen LogP contribution in [0.5, 0.6) is 11.5 Å². The minimum absolute atomic E-state index is 0.159. The highest BCUT2D eigenvalue weighted by Crippen LogP contribution is 2.18. The third-order valence-electron chi connectivity index (χ3n) is 4.51. The van der Waals surface area contributed by atoms with Gasteiger partial charge in [-0.05, 0) is 54.8 Å². The third-order valence-corrected chi connectivity index (χ3v) is 5.04. The van der Waals surface area contributed by atoms with Crippen molar-refractivity contribution >= 4 is 27.7 Å². The predicted octanol–water partition coefficient (Wildman–Crippen LogP) is 4.03. The first-order chi connectivity index (χ1) is 14.3. The van der Waals surface area contributed by atoms with Crippen LogP contribution in [0, 0.1) is 5.92 Å². The Morgan fingerprint density at radius 1 is 1.07 bits per heavy atom. The molecule has 0 aromatic heterocycles. The van der Waals surface area contributed by atoms with Gasteiger partial charge in [-0.1, -0.05) is 41.9 Å². The molecule has 0 aliphatic carbocycles. The van der Waals surface area contributed by atoms with Gasteiger partial charge in [-0.25, -0.2) is 0 Å². The molecule has 2 amide bonds. The highest BCUT2D eigenvalue weighted by Gasteiger charge is 2.26. The molecule has 0 saturated carbocycles. The lowest BCUT2D eigenvalue weighted by atomic mass is 10.1. The fourth-order valence-corrected chi connectivity index (χ4v) is 3.03. The summed E-state index contributed by atoms with van der Waals surface area (Å²) in [5.41, 5.74) is 0.870. The van der Waals surface area contributed by atoms with E-state index in [-0.39, 0.29) is 25.0 Å². The number of benzene rings is 2. The number of halogens is 1. The smallest absolute Gasteiger partial charge is 0.261 e. The van der Waals surface area contributed by atoms with E-state index < -0.39 is 6.04 Å². The first-order valence-corrected chi connectivity index (χ1v) is 10.7. The molecule has 0 bridgehead atoms.